The molecule has 0 radical (unpaired) electrons. The molecule has 3 aromatic rings. The highest BCUT2D eigenvalue weighted by Gasteiger charge is 2.13. The van der Waals surface area contributed by atoms with Crippen LogP contribution in [-0.2, 0) is 11.3 Å². The molecule has 0 heterocycles. The fourth-order valence-electron chi connectivity index (χ4n) is 2.83. The lowest BCUT2D eigenvalue weighted by Crippen LogP contribution is -2.24. The molecule has 0 aromatic heterocycles. The molecule has 0 saturated heterocycles. The Bertz CT molecular complexity index is 902. The zero-order chi connectivity index (χ0) is 18.9. The van der Waals surface area contributed by atoms with Crippen molar-refractivity contribution >= 4 is 17.6 Å². The van der Waals surface area contributed by atoms with E-state index in [-0.39, 0.29) is 5.91 Å². The number of amides is 1. The Labute approximate surface area is 160 Å². The second-order valence-corrected chi connectivity index (χ2v) is 6.06. The van der Waals surface area contributed by atoms with Gasteiger partial charge in [-0.2, -0.15) is 0 Å². The van der Waals surface area contributed by atoms with Crippen LogP contribution in [0.25, 0.3) is 11.6 Å². The van der Waals surface area contributed by atoms with Crippen molar-refractivity contribution in [2.75, 3.05) is 6.61 Å². The summed E-state index contributed by atoms with van der Waals surface area (Å²) in [5.41, 5.74) is 3.47. The molecule has 0 spiro atoms. The Hall–Kier alpha value is -3.33. The SMILES string of the molecule is CCOc1ccccc1CNC(=O)/C(=C/c1ccccc1)c1ccccc1. The summed E-state index contributed by atoms with van der Waals surface area (Å²) in [7, 11) is 0. The molecule has 136 valence electrons. The maximum Gasteiger partial charge on any atom is 0.252 e. The van der Waals surface area contributed by atoms with Gasteiger partial charge in [0.1, 0.15) is 5.75 Å². The molecule has 0 aliphatic rings. The predicted molar refractivity (Wildman–Crippen MR) is 110 cm³/mol. The fourth-order valence-corrected chi connectivity index (χ4v) is 2.83. The van der Waals surface area contributed by atoms with Gasteiger partial charge in [0, 0.05) is 17.7 Å². The van der Waals surface area contributed by atoms with Crippen LogP contribution < -0.4 is 10.1 Å². The molecule has 0 aliphatic heterocycles. The van der Waals surface area contributed by atoms with Crippen LogP contribution in [0.5, 0.6) is 5.75 Å². The van der Waals surface area contributed by atoms with E-state index >= 15 is 0 Å². The molecule has 0 atom stereocenters. The summed E-state index contributed by atoms with van der Waals surface area (Å²) in [6, 6.07) is 27.3. The summed E-state index contributed by atoms with van der Waals surface area (Å²) >= 11 is 0. The summed E-state index contributed by atoms with van der Waals surface area (Å²) in [5.74, 6) is 0.685. The smallest absolute Gasteiger partial charge is 0.252 e. The maximum absolute atomic E-state index is 13.0. The van der Waals surface area contributed by atoms with Gasteiger partial charge in [-0.05, 0) is 30.2 Å². The number of benzene rings is 3. The molecule has 3 aromatic carbocycles. The number of carbonyl (C=O) groups excluding carboxylic acids is 1. The monoisotopic (exact) mass is 357 g/mol. The van der Waals surface area contributed by atoms with E-state index in [0.717, 1.165) is 22.4 Å². The quantitative estimate of drug-likeness (QED) is 0.480. The van der Waals surface area contributed by atoms with Crippen molar-refractivity contribution in [3.63, 3.8) is 0 Å². The van der Waals surface area contributed by atoms with E-state index < -0.39 is 0 Å². The minimum absolute atomic E-state index is 0.114. The Kier molecular flexibility index (Phi) is 6.42. The zero-order valence-corrected chi connectivity index (χ0v) is 15.4. The van der Waals surface area contributed by atoms with Crippen LogP contribution in [0.1, 0.15) is 23.6 Å². The average Bonchev–Trinajstić information content (AvgIpc) is 2.73. The van der Waals surface area contributed by atoms with Gasteiger partial charge >= 0.3 is 0 Å². The third-order valence-electron chi connectivity index (χ3n) is 4.15. The van der Waals surface area contributed by atoms with E-state index in [9.17, 15) is 4.79 Å². The van der Waals surface area contributed by atoms with Gasteiger partial charge in [0.25, 0.3) is 5.91 Å². The summed E-state index contributed by atoms with van der Waals surface area (Å²) in [4.78, 5) is 13.0. The number of ether oxygens (including phenoxy) is 1. The van der Waals surface area contributed by atoms with Crippen molar-refractivity contribution in [1.82, 2.24) is 5.32 Å². The zero-order valence-electron chi connectivity index (χ0n) is 15.4. The predicted octanol–water partition coefficient (Wildman–Crippen LogP) is 4.94. The van der Waals surface area contributed by atoms with Gasteiger partial charge in [-0.3, -0.25) is 4.79 Å². The van der Waals surface area contributed by atoms with Gasteiger partial charge in [0.2, 0.25) is 0 Å². The number of hydrogen-bond acceptors (Lipinski definition) is 2. The van der Waals surface area contributed by atoms with Crippen molar-refractivity contribution in [3.05, 3.63) is 102 Å². The fraction of sp³-hybridized carbons (Fsp3) is 0.125. The molecule has 0 unspecified atom stereocenters. The summed E-state index contributed by atoms with van der Waals surface area (Å²) in [6.07, 6.45) is 1.92. The van der Waals surface area contributed by atoms with Gasteiger partial charge in [-0.1, -0.05) is 78.9 Å². The second kappa shape index (κ2) is 9.39. The summed E-state index contributed by atoms with van der Waals surface area (Å²) < 4.78 is 5.64. The third-order valence-corrected chi connectivity index (χ3v) is 4.15. The maximum atomic E-state index is 13.0. The number of para-hydroxylation sites is 1. The van der Waals surface area contributed by atoms with E-state index in [1.807, 2.05) is 97.9 Å². The number of hydrogen-bond donors (Lipinski definition) is 1. The standard InChI is InChI=1S/C24H23NO2/c1-2-27-23-16-10-9-15-21(23)18-25-24(26)22(20-13-7-4-8-14-20)17-19-11-5-3-6-12-19/h3-17H,2,18H2,1H3,(H,25,26)/b22-17+. The number of rotatable bonds is 7. The highest BCUT2D eigenvalue weighted by atomic mass is 16.5. The highest BCUT2D eigenvalue weighted by Crippen LogP contribution is 2.21. The molecule has 1 N–H and O–H groups in total. The van der Waals surface area contributed by atoms with Crippen molar-refractivity contribution in [2.24, 2.45) is 0 Å². The number of nitrogens with one attached hydrogen (secondary N) is 1. The van der Waals surface area contributed by atoms with Crippen LogP contribution in [0, 0.1) is 0 Å². The lowest BCUT2D eigenvalue weighted by Gasteiger charge is -2.13. The lowest BCUT2D eigenvalue weighted by molar-refractivity contribution is -0.115. The van der Waals surface area contributed by atoms with Crippen molar-refractivity contribution in [1.29, 1.82) is 0 Å². The molecule has 3 nitrogen and oxygen atoms in total. The first-order valence-corrected chi connectivity index (χ1v) is 9.09. The van der Waals surface area contributed by atoms with Crippen LogP contribution in [0.15, 0.2) is 84.9 Å². The van der Waals surface area contributed by atoms with Crippen molar-refractivity contribution in [2.45, 2.75) is 13.5 Å². The van der Waals surface area contributed by atoms with E-state index in [1.54, 1.807) is 0 Å². The summed E-state index contributed by atoms with van der Waals surface area (Å²) in [5, 5.41) is 3.03. The van der Waals surface area contributed by atoms with Crippen molar-refractivity contribution < 1.29 is 9.53 Å². The second-order valence-electron chi connectivity index (χ2n) is 6.06. The van der Waals surface area contributed by atoms with Crippen LogP contribution in [-0.4, -0.2) is 12.5 Å². The topological polar surface area (TPSA) is 38.3 Å². The third kappa shape index (κ3) is 5.08. The van der Waals surface area contributed by atoms with Crippen LogP contribution in [0.3, 0.4) is 0 Å². The van der Waals surface area contributed by atoms with Crippen LogP contribution in [0.4, 0.5) is 0 Å². The Morgan fingerprint density at radius 1 is 0.889 bits per heavy atom. The first kappa shape index (κ1) is 18.5. The van der Waals surface area contributed by atoms with Crippen molar-refractivity contribution in [3.8, 4) is 5.75 Å². The molecule has 1 amide bonds. The molecule has 0 saturated carbocycles. The minimum atomic E-state index is -0.114. The normalized spacial score (nSPS) is 11.1. The molecule has 0 fully saturated rings. The molecule has 3 rings (SSSR count). The van der Waals surface area contributed by atoms with Crippen LogP contribution in [0.2, 0.25) is 0 Å². The van der Waals surface area contributed by atoms with E-state index in [1.165, 1.54) is 0 Å². The molecule has 3 heteroatoms. The van der Waals surface area contributed by atoms with Gasteiger partial charge in [-0.25, -0.2) is 0 Å². The first-order valence-electron chi connectivity index (χ1n) is 9.09. The first-order chi connectivity index (χ1) is 13.3. The van der Waals surface area contributed by atoms with Gasteiger partial charge in [0.15, 0.2) is 0 Å². The average molecular weight is 357 g/mol. The van der Waals surface area contributed by atoms with E-state index in [4.69, 9.17) is 4.74 Å². The van der Waals surface area contributed by atoms with Gasteiger partial charge < -0.3 is 10.1 Å². The van der Waals surface area contributed by atoms with E-state index in [0.29, 0.717) is 18.7 Å². The highest BCUT2D eigenvalue weighted by molar-refractivity contribution is 6.24. The molecule has 27 heavy (non-hydrogen) atoms. The molecular formula is C24H23NO2. The molecule has 0 bridgehead atoms. The largest absolute Gasteiger partial charge is 0.494 e. The van der Waals surface area contributed by atoms with Gasteiger partial charge in [-0.15, -0.1) is 0 Å². The molecule has 0 aliphatic carbocycles. The summed E-state index contributed by atoms with van der Waals surface area (Å²) in [6.45, 7) is 2.95. The number of carbonyl (C=O) groups is 1. The minimum Gasteiger partial charge on any atom is -0.494 e. The lowest BCUT2D eigenvalue weighted by atomic mass is 10.0. The van der Waals surface area contributed by atoms with Gasteiger partial charge in [0.05, 0.1) is 6.61 Å². The molecular weight excluding hydrogens is 334 g/mol. The Morgan fingerprint density at radius 2 is 1.52 bits per heavy atom. The van der Waals surface area contributed by atoms with E-state index in [2.05, 4.69) is 5.32 Å². The Morgan fingerprint density at radius 3 is 2.22 bits per heavy atom. The Balaban J connectivity index is 1.83. The van der Waals surface area contributed by atoms with Crippen LogP contribution >= 0.6 is 0 Å².